The van der Waals surface area contributed by atoms with Crippen LogP contribution >= 0.6 is 0 Å². The minimum absolute atomic E-state index is 0.549. The largest absolute Gasteiger partial charge is 0.455 e. The summed E-state index contributed by atoms with van der Waals surface area (Å²) in [6, 6.07) is 90.5. The standard InChI is InChI=1S/C69H42N6O/c1-3-18-43(19-4-1)67-70-68(44-20-5-2-6-21-44)72-69(71-67)57-40-45(48-27-17-28-56-55-26-11-16-33-65(55)76-66(48)56)34-39-62(57)75-63-41-46(73-58-29-12-7-22-49(58)50-23-8-13-30-59(50)73)35-37-53(63)54-38-36-47(42-64(54)75)74-60-31-14-9-24-51(60)52-25-10-15-32-61(52)74/h1-42H. The van der Waals surface area contributed by atoms with E-state index in [9.17, 15) is 0 Å². The Balaban J connectivity index is 1.03. The molecule has 0 unspecified atom stereocenters. The van der Waals surface area contributed by atoms with E-state index >= 15 is 0 Å². The first-order valence-electron chi connectivity index (χ1n) is 25.7. The summed E-state index contributed by atoms with van der Waals surface area (Å²) in [5.74, 6) is 1.72. The number of hydrogen-bond donors (Lipinski definition) is 0. The molecular formula is C69H42N6O. The zero-order valence-corrected chi connectivity index (χ0v) is 40.8. The van der Waals surface area contributed by atoms with Gasteiger partial charge in [0.15, 0.2) is 17.5 Å². The molecule has 0 atom stereocenters. The normalized spacial score (nSPS) is 11.9. The molecule has 0 aliphatic heterocycles. The molecule has 76 heavy (non-hydrogen) atoms. The Bertz CT molecular complexity index is 4670. The van der Waals surface area contributed by atoms with Crippen LogP contribution < -0.4 is 0 Å². The fourth-order valence-electron chi connectivity index (χ4n) is 11.9. The van der Waals surface area contributed by atoms with E-state index in [1.807, 2.05) is 48.5 Å². The summed E-state index contributed by atoms with van der Waals surface area (Å²) < 4.78 is 14.0. The van der Waals surface area contributed by atoms with E-state index in [4.69, 9.17) is 19.4 Å². The molecule has 5 heterocycles. The highest BCUT2D eigenvalue weighted by Crippen LogP contribution is 2.44. The number of hydrogen-bond acceptors (Lipinski definition) is 4. The molecule has 0 aliphatic carbocycles. The lowest BCUT2D eigenvalue weighted by Gasteiger charge is -2.17. The van der Waals surface area contributed by atoms with Crippen LogP contribution in [0.25, 0.3) is 150 Å². The van der Waals surface area contributed by atoms with E-state index in [1.54, 1.807) is 0 Å². The second-order valence-electron chi connectivity index (χ2n) is 19.5. The third-order valence-corrected chi connectivity index (χ3v) is 15.3. The quantitative estimate of drug-likeness (QED) is 0.160. The van der Waals surface area contributed by atoms with Gasteiger partial charge in [0.1, 0.15) is 11.2 Å². The highest BCUT2D eigenvalue weighted by molar-refractivity contribution is 6.15. The van der Waals surface area contributed by atoms with E-state index in [-0.39, 0.29) is 0 Å². The molecule has 0 saturated carbocycles. The molecule has 7 heteroatoms. The van der Waals surface area contributed by atoms with Gasteiger partial charge in [0, 0.05) is 76.7 Å². The van der Waals surface area contributed by atoms with Crippen molar-refractivity contribution in [2.24, 2.45) is 0 Å². The second-order valence-corrected chi connectivity index (χ2v) is 19.5. The van der Waals surface area contributed by atoms with Crippen LogP contribution in [-0.2, 0) is 0 Å². The first-order valence-corrected chi connectivity index (χ1v) is 25.7. The van der Waals surface area contributed by atoms with Crippen molar-refractivity contribution in [3.63, 3.8) is 0 Å². The van der Waals surface area contributed by atoms with Crippen molar-refractivity contribution >= 4 is 87.4 Å². The second kappa shape index (κ2) is 16.6. The van der Waals surface area contributed by atoms with Gasteiger partial charge in [0.2, 0.25) is 0 Å². The number of nitrogens with zero attached hydrogens (tertiary/aromatic N) is 6. The van der Waals surface area contributed by atoms with Crippen LogP contribution in [0.5, 0.6) is 0 Å². The van der Waals surface area contributed by atoms with Crippen molar-refractivity contribution in [3.05, 3.63) is 255 Å². The van der Waals surface area contributed by atoms with Crippen LogP contribution in [0.1, 0.15) is 0 Å². The van der Waals surface area contributed by atoms with Gasteiger partial charge in [-0.2, -0.15) is 0 Å². The molecule has 0 amide bonds. The molecule has 0 fully saturated rings. The lowest BCUT2D eigenvalue weighted by molar-refractivity contribution is 0.670. The zero-order valence-electron chi connectivity index (χ0n) is 40.8. The van der Waals surface area contributed by atoms with Gasteiger partial charge in [-0.15, -0.1) is 0 Å². The Labute approximate surface area is 435 Å². The Morgan fingerprint density at radius 1 is 0.263 bits per heavy atom. The van der Waals surface area contributed by atoms with E-state index < -0.39 is 0 Å². The first-order chi connectivity index (χ1) is 37.7. The van der Waals surface area contributed by atoms with Crippen LogP contribution in [0, 0.1) is 0 Å². The summed E-state index contributed by atoms with van der Waals surface area (Å²) in [4.78, 5) is 16.1. The molecule has 354 valence electrons. The molecule has 0 saturated heterocycles. The lowest BCUT2D eigenvalue weighted by atomic mass is 9.98. The molecule has 0 aliphatic rings. The lowest BCUT2D eigenvalue weighted by Crippen LogP contribution is -2.04. The van der Waals surface area contributed by atoms with E-state index in [0.29, 0.717) is 17.5 Å². The van der Waals surface area contributed by atoms with Crippen LogP contribution in [0.15, 0.2) is 259 Å². The minimum atomic E-state index is 0.549. The van der Waals surface area contributed by atoms with Crippen LogP contribution in [-0.4, -0.2) is 28.7 Å². The Kier molecular flexibility index (Phi) is 9.20. The molecule has 0 N–H and O–H groups in total. The van der Waals surface area contributed by atoms with Gasteiger partial charge in [-0.05, 0) is 72.3 Å². The number of fused-ring (bicyclic) bond motifs is 12. The van der Waals surface area contributed by atoms with Gasteiger partial charge in [-0.3, -0.25) is 0 Å². The monoisotopic (exact) mass is 970 g/mol. The van der Waals surface area contributed by atoms with Crippen molar-refractivity contribution < 1.29 is 4.42 Å². The summed E-state index contributed by atoms with van der Waals surface area (Å²) in [5.41, 5.74) is 16.0. The van der Waals surface area contributed by atoms with Gasteiger partial charge in [-0.25, -0.2) is 15.0 Å². The van der Waals surface area contributed by atoms with E-state index in [1.165, 1.54) is 21.5 Å². The van der Waals surface area contributed by atoms with Crippen molar-refractivity contribution in [1.29, 1.82) is 0 Å². The maximum absolute atomic E-state index is 6.72. The SMILES string of the molecule is c1ccc(-c2nc(-c3ccccc3)nc(-c3cc(-c4cccc5c4oc4ccccc45)ccc3-n3c4cc(-n5c6ccccc6c6ccccc65)ccc4c4ccc(-n5c6ccccc6c6ccccc65)cc43)n2)cc1. The molecule has 5 aromatic heterocycles. The first kappa shape index (κ1) is 42.2. The molecular weight excluding hydrogens is 929 g/mol. The van der Waals surface area contributed by atoms with Crippen molar-refractivity contribution in [2.75, 3.05) is 0 Å². The topological polar surface area (TPSA) is 66.6 Å². The molecule has 11 aromatic carbocycles. The Morgan fingerprint density at radius 3 is 1.22 bits per heavy atom. The molecule has 7 nitrogen and oxygen atoms in total. The maximum atomic E-state index is 6.72. The highest BCUT2D eigenvalue weighted by atomic mass is 16.3. The highest BCUT2D eigenvalue weighted by Gasteiger charge is 2.24. The fourth-order valence-corrected chi connectivity index (χ4v) is 11.9. The summed E-state index contributed by atoms with van der Waals surface area (Å²) in [6.45, 7) is 0. The summed E-state index contributed by atoms with van der Waals surface area (Å²) in [5, 5.41) is 9.25. The Hall–Kier alpha value is -10.4. The Morgan fingerprint density at radius 2 is 0.697 bits per heavy atom. The predicted molar refractivity (Wildman–Crippen MR) is 312 cm³/mol. The van der Waals surface area contributed by atoms with Crippen LogP contribution in [0.2, 0.25) is 0 Å². The molecule has 0 spiro atoms. The molecule has 16 rings (SSSR count). The van der Waals surface area contributed by atoms with Crippen LogP contribution in [0.4, 0.5) is 0 Å². The zero-order chi connectivity index (χ0) is 49.8. The predicted octanol–water partition coefficient (Wildman–Crippen LogP) is 17.7. The van der Waals surface area contributed by atoms with E-state index in [2.05, 4.69) is 220 Å². The number of benzene rings is 11. The van der Waals surface area contributed by atoms with Crippen molar-refractivity contribution in [2.45, 2.75) is 0 Å². The third kappa shape index (κ3) is 6.39. The fraction of sp³-hybridized carbons (Fsp3) is 0. The van der Waals surface area contributed by atoms with Crippen LogP contribution in [0.3, 0.4) is 0 Å². The van der Waals surface area contributed by atoms with Gasteiger partial charge in [0.25, 0.3) is 0 Å². The number of para-hydroxylation sites is 6. The summed E-state index contributed by atoms with van der Waals surface area (Å²) >= 11 is 0. The summed E-state index contributed by atoms with van der Waals surface area (Å²) in [6.07, 6.45) is 0. The van der Waals surface area contributed by atoms with Gasteiger partial charge >= 0.3 is 0 Å². The molecule has 0 bridgehead atoms. The molecule has 16 aromatic rings. The minimum Gasteiger partial charge on any atom is -0.455 e. The van der Waals surface area contributed by atoms with Crippen molar-refractivity contribution in [3.8, 4) is 62.4 Å². The van der Waals surface area contributed by atoms with Gasteiger partial charge < -0.3 is 18.1 Å². The number of aromatic nitrogens is 6. The van der Waals surface area contributed by atoms with Gasteiger partial charge in [0.05, 0.1) is 38.8 Å². The van der Waals surface area contributed by atoms with Crippen molar-refractivity contribution in [1.82, 2.24) is 28.7 Å². The molecule has 0 radical (unpaired) electrons. The van der Waals surface area contributed by atoms with Gasteiger partial charge in [-0.1, -0.05) is 188 Å². The maximum Gasteiger partial charge on any atom is 0.166 e. The third-order valence-electron chi connectivity index (χ3n) is 15.3. The number of furan rings is 1. The average Bonchev–Trinajstić information content (AvgIpc) is 4.24. The number of rotatable bonds is 7. The summed E-state index contributed by atoms with van der Waals surface area (Å²) in [7, 11) is 0. The smallest absolute Gasteiger partial charge is 0.166 e. The van der Waals surface area contributed by atoms with E-state index in [0.717, 1.165) is 111 Å². The average molecular weight is 971 g/mol.